The van der Waals surface area contributed by atoms with Crippen molar-refractivity contribution in [2.24, 2.45) is 11.7 Å². The average molecular weight is 440 g/mol. The Balaban J connectivity index is 1.41. The van der Waals surface area contributed by atoms with Crippen molar-refractivity contribution < 1.29 is 9.59 Å². The molecule has 6 N–H and O–H groups in total. The molecule has 2 aliphatic rings. The summed E-state index contributed by atoms with van der Waals surface area (Å²) in [5.41, 5.74) is 6.28. The maximum atomic E-state index is 12.1. The van der Waals surface area contributed by atoms with Gasteiger partial charge in [-0.2, -0.15) is 11.8 Å². The van der Waals surface area contributed by atoms with Crippen molar-refractivity contribution in [3.63, 3.8) is 0 Å². The van der Waals surface area contributed by atoms with E-state index in [0.717, 1.165) is 76.3 Å². The maximum Gasteiger partial charge on any atom is 0.246 e. The number of unbranched alkanes of at least 4 members (excludes halogenated alkanes) is 1. The van der Waals surface area contributed by atoms with Gasteiger partial charge in [-0.1, -0.05) is 6.08 Å². The number of nitrogens with two attached hydrogens (primary N) is 1. The van der Waals surface area contributed by atoms with Crippen LogP contribution in [-0.2, 0) is 9.59 Å². The van der Waals surface area contributed by atoms with Crippen LogP contribution in [0.5, 0.6) is 0 Å². The number of rotatable bonds is 16. The van der Waals surface area contributed by atoms with E-state index in [4.69, 9.17) is 5.73 Å². The number of thioether (sulfide) groups is 1. The molecule has 30 heavy (non-hydrogen) atoms. The van der Waals surface area contributed by atoms with Gasteiger partial charge in [0.25, 0.3) is 0 Å². The molecule has 0 aromatic heterocycles. The molecule has 1 fully saturated rings. The Morgan fingerprint density at radius 2 is 1.80 bits per heavy atom. The normalized spacial score (nSPS) is 23.1. The molecule has 0 saturated carbocycles. The highest BCUT2D eigenvalue weighted by molar-refractivity contribution is 8.00. The van der Waals surface area contributed by atoms with Gasteiger partial charge in [-0.3, -0.25) is 9.59 Å². The predicted octanol–water partition coefficient (Wildman–Crippen LogP) is 1.15. The summed E-state index contributed by atoms with van der Waals surface area (Å²) >= 11 is 1.93. The first-order chi connectivity index (χ1) is 14.6. The number of carbonyl (C=O) groups is 2. The van der Waals surface area contributed by atoms with Gasteiger partial charge in [0, 0.05) is 41.5 Å². The molecule has 2 amide bonds. The number of hydrogen-bond acceptors (Lipinski definition) is 6. The lowest BCUT2D eigenvalue weighted by Gasteiger charge is -2.26. The van der Waals surface area contributed by atoms with Crippen LogP contribution in [0.3, 0.4) is 0 Å². The molecule has 3 atom stereocenters. The van der Waals surface area contributed by atoms with Gasteiger partial charge in [0.15, 0.2) is 0 Å². The topological polar surface area (TPSA) is 108 Å². The van der Waals surface area contributed by atoms with Crippen molar-refractivity contribution >= 4 is 23.6 Å². The van der Waals surface area contributed by atoms with Gasteiger partial charge in [-0.15, -0.1) is 0 Å². The number of nitrogens with one attached hydrogen (secondary N) is 4. The molecular formula is C22H41N5O2S. The smallest absolute Gasteiger partial charge is 0.246 e. The third kappa shape index (κ3) is 9.37. The molecule has 0 radical (unpaired) electrons. The molecule has 0 bridgehead atoms. The minimum Gasteiger partial charge on any atom is -0.356 e. The lowest BCUT2D eigenvalue weighted by Crippen LogP contribution is -2.44. The molecule has 7 nitrogen and oxygen atoms in total. The Morgan fingerprint density at radius 3 is 2.53 bits per heavy atom. The molecular weight excluding hydrogens is 398 g/mol. The fraction of sp³-hybridized carbons (Fsp3) is 0.818. The molecule has 2 rings (SSSR count). The van der Waals surface area contributed by atoms with Gasteiger partial charge in [0.2, 0.25) is 11.8 Å². The zero-order valence-electron chi connectivity index (χ0n) is 18.5. The Hall–Kier alpha value is -1.09. The molecule has 2 heterocycles. The van der Waals surface area contributed by atoms with Crippen LogP contribution in [0.1, 0.15) is 51.9 Å². The van der Waals surface area contributed by atoms with Crippen molar-refractivity contribution in [2.45, 2.75) is 63.2 Å². The summed E-state index contributed by atoms with van der Waals surface area (Å²) in [5, 5.41) is 13.5. The first-order valence-corrected chi connectivity index (χ1v) is 12.7. The number of amides is 2. The van der Waals surface area contributed by atoms with E-state index in [9.17, 15) is 9.59 Å². The zero-order chi connectivity index (χ0) is 21.6. The second-order valence-corrected chi connectivity index (χ2v) is 9.60. The number of fused-ring (bicyclic) bond motifs is 1. The molecule has 172 valence electrons. The van der Waals surface area contributed by atoms with Crippen LogP contribution in [0.25, 0.3) is 0 Å². The Bertz CT molecular complexity index is 558. The second-order valence-electron chi connectivity index (χ2n) is 8.32. The van der Waals surface area contributed by atoms with Crippen molar-refractivity contribution in [1.29, 1.82) is 0 Å². The van der Waals surface area contributed by atoms with Gasteiger partial charge >= 0.3 is 0 Å². The van der Waals surface area contributed by atoms with E-state index >= 15 is 0 Å². The van der Waals surface area contributed by atoms with Gasteiger partial charge in [0.1, 0.15) is 0 Å². The molecule has 0 aromatic carbocycles. The summed E-state index contributed by atoms with van der Waals surface area (Å²) < 4.78 is 0. The van der Waals surface area contributed by atoms with Crippen LogP contribution in [0.2, 0.25) is 0 Å². The summed E-state index contributed by atoms with van der Waals surface area (Å²) in [6.07, 6.45) is 9.02. The van der Waals surface area contributed by atoms with Gasteiger partial charge in [-0.25, -0.2) is 0 Å². The Kier molecular flexibility index (Phi) is 12.4. The highest BCUT2D eigenvalue weighted by atomic mass is 32.2. The number of hydrogen-bond donors (Lipinski definition) is 5. The molecule has 0 aliphatic carbocycles. The summed E-state index contributed by atoms with van der Waals surface area (Å²) in [5.74, 6) is 1.63. The molecule has 8 heteroatoms. The van der Waals surface area contributed by atoms with Crippen LogP contribution in [0.15, 0.2) is 11.6 Å². The third-order valence-corrected chi connectivity index (χ3v) is 7.29. The molecule has 2 aliphatic heterocycles. The first-order valence-electron chi connectivity index (χ1n) is 11.6. The largest absolute Gasteiger partial charge is 0.356 e. The van der Waals surface area contributed by atoms with Crippen molar-refractivity contribution in [1.82, 2.24) is 21.3 Å². The SMILES string of the molecule is CC1=C[C@H]2[C@H](CS[C@H]2CCCC(=O)NCCCNCCCCNCCCN)NC1=O. The standard InChI is InChI=1S/C22H41N5O2S/c1-17-15-18-19(27-22(17)29)16-30-20(18)7-4-8-21(28)26-14-6-13-25-11-3-2-10-24-12-5-9-23/h15,18-20,24-25H,2-14,16,23H2,1H3,(H,26,28)(H,27,29)/t18-,19-,20-/m0/s1. The van der Waals surface area contributed by atoms with Gasteiger partial charge < -0.3 is 27.0 Å². The molecule has 1 saturated heterocycles. The third-order valence-electron chi connectivity index (χ3n) is 5.76. The monoisotopic (exact) mass is 439 g/mol. The predicted molar refractivity (Wildman–Crippen MR) is 126 cm³/mol. The van der Waals surface area contributed by atoms with Crippen LogP contribution in [-0.4, -0.2) is 68.1 Å². The van der Waals surface area contributed by atoms with E-state index in [1.165, 1.54) is 12.8 Å². The van der Waals surface area contributed by atoms with Crippen molar-refractivity contribution in [3.05, 3.63) is 11.6 Å². The number of carbonyl (C=O) groups excluding carboxylic acids is 2. The first kappa shape index (κ1) is 25.2. The highest BCUT2D eigenvalue weighted by Crippen LogP contribution is 2.38. The molecule has 0 unspecified atom stereocenters. The minimum absolute atomic E-state index is 0.0710. The highest BCUT2D eigenvalue weighted by Gasteiger charge is 2.38. The van der Waals surface area contributed by atoms with Gasteiger partial charge in [0.05, 0.1) is 0 Å². The summed E-state index contributed by atoms with van der Waals surface area (Å²) in [4.78, 5) is 23.8. The van der Waals surface area contributed by atoms with E-state index < -0.39 is 0 Å². The fourth-order valence-electron chi connectivity index (χ4n) is 3.96. The van der Waals surface area contributed by atoms with E-state index in [1.807, 2.05) is 18.7 Å². The quantitative estimate of drug-likeness (QED) is 0.231. The minimum atomic E-state index is 0.0710. The maximum absolute atomic E-state index is 12.1. The average Bonchev–Trinajstić information content (AvgIpc) is 3.11. The lowest BCUT2D eigenvalue weighted by molar-refractivity contribution is -0.121. The van der Waals surface area contributed by atoms with Crippen LogP contribution >= 0.6 is 11.8 Å². The van der Waals surface area contributed by atoms with Gasteiger partial charge in [-0.05, 0) is 78.2 Å². The van der Waals surface area contributed by atoms with Crippen molar-refractivity contribution in [3.8, 4) is 0 Å². The Labute approximate surface area is 186 Å². The molecule has 0 aromatic rings. The Morgan fingerprint density at radius 1 is 1.10 bits per heavy atom. The summed E-state index contributed by atoms with van der Waals surface area (Å²) in [6, 6.07) is 0.268. The van der Waals surface area contributed by atoms with Crippen LogP contribution < -0.4 is 27.0 Å². The summed E-state index contributed by atoms with van der Waals surface area (Å²) in [7, 11) is 0. The van der Waals surface area contributed by atoms with E-state index in [2.05, 4.69) is 27.3 Å². The van der Waals surface area contributed by atoms with Crippen LogP contribution in [0.4, 0.5) is 0 Å². The fourth-order valence-corrected chi connectivity index (χ4v) is 5.55. The van der Waals surface area contributed by atoms with Crippen LogP contribution in [0, 0.1) is 5.92 Å². The molecule has 0 spiro atoms. The van der Waals surface area contributed by atoms with E-state index in [1.54, 1.807) is 0 Å². The summed E-state index contributed by atoms with van der Waals surface area (Å²) in [6.45, 7) is 7.42. The lowest BCUT2D eigenvalue weighted by atomic mass is 9.89. The zero-order valence-corrected chi connectivity index (χ0v) is 19.3. The van der Waals surface area contributed by atoms with Crippen molar-refractivity contribution in [2.75, 3.05) is 45.0 Å². The van der Waals surface area contributed by atoms with E-state index in [-0.39, 0.29) is 17.9 Å². The van der Waals surface area contributed by atoms with E-state index in [0.29, 0.717) is 17.6 Å². The second kappa shape index (κ2) is 14.8.